The number of rotatable bonds is 4. The van der Waals surface area contributed by atoms with Gasteiger partial charge in [-0.2, -0.15) is 0 Å². The minimum absolute atomic E-state index is 0.111. The molecule has 5 nitrogen and oxygen atoms in total. The first kappa shape index (κ1) is 18.1. The van der Waals surface area contributed by atoms with Gasteiger partial charge in [-0.25, -0.2) is 4.98 Å². The van der Waals surface area contributed by atoms with Crippen LogP contribution in [0.4, 0.5) is 5.69 Å². The van der Waals surface area contributed by atoms with Crippen molar-refractivity contribution >= 4 is 34.1 Å². The lowest BCUT2D eigenvalue weighted by molar-refractivity contribution is -0.116. The standard InChI is InChI=1S/C20H20ClN3O2/c1-12(2)10-19(25)23-18-11-14(8-9-16(18)21)24-13(3)22-17-7-5-4-6-15(17)20(24)26/h4-9,11-12H,10H2,1-3H3,(H,23,25). The number of carbonyl (C=O) groups excluding carboxylic acids is 1. The molecular weight excluding hydrogens is 350 g/mol. The van der Waals surface area contributed by atoms with Crippen molar-refractivity contribution in [3.05, 3.63) is 63.7 Å². The van der Waals surface area contributed by atoms with Gasteiger partial charge in [-0.1, -0.05) is 37.6 Å². The van der Waals surface area contributed by atoms with Gasteiger partial charge >= 0.3 is 0 Å². The van der Waals surface area contributed by atoms with Crippen LogP contribution >= 0.6 is 11.6 Å². The lowest BCUT2D eigenvalue weighted by atomic mass is 10.1. The molecule has 0 bridgehead atoms. The third kappa shape index (κ3) is 3.63. The molecule has 0 saturated carbocycles. The average Bonchev–Trinajstić information content (AvgIpc) is 2.57. The highest BCUT2D eigenvalue weighted by Crippen LogP contribution is 2.25. The first-order valence-electron chi connectivity index (χ1n) is 8.45. The topological polar surface area (TPSA) is 64.0 Å². The van der Waals surface area contributed by atoms with Gasteiger partial charge in [0.2, 0.25) is 5.91 Å². The maximum Gasteiger partial charge on any atom is 0.265 e. The molecule has 0 aliphatic carbocycles. The van der Waals surface area contributed by atoms with Crippen LogP contribution in [0.25, 0.3) is 16.6 Å². The van der Waals surface area contributed by atoms with Crippen LogP contribution in [-0.4, -0.2) is 15.5 Å². The minimum Gasteiger partial charge on any atom is -0.325 e. The maximum absolute atomic E-state index is 12.9. The van der Waals surface area contributed by atoms with E-state index in [9.17, 15) is 9.59 Å². The van der Waals surface area contributed by atoms with E-state index in [1.807, 2.05) is 32.0 Å². The van der Waals surface area contributed by atoms with Crippen molar-refractivity contribution in [2.45, 2.75) is 27.2 Å². The number of hydrogen-bond acceptors (Lipinski definition) is 3. The highest BCUT2D eigenvalue weighted by molar-refractivity contribution is 6.33. The van der Waals surface area contributed by atoms with E-state index in [-0.39, 0.29) is 17.4 Å². The Hall–Kier alpha value is -2.66. The van der Waals surface area contributed by atoms with Crippen LogP contribution in [-0.2, 0) is 4.79 Å². The van der Waals surface area contributed by atoms with Crippen LogP contribution in [0.5, 0.6) is 0 Å². The number of nitrogens with zero attached hydrogens (tertiary/aromatic N) is 2. The number of benzene rings is 2. The Morgan fingerprint density at radius 3 is 2.69 bits per heavy atom. The summed E-state index contributed by atoms with van der Waals surface area (Å²) in [7, 11) is 0. The monoisotopic (exact) mass is 369 g/mol. The highest BCUT2D eigenvalue weighted by atomic mass is 35.5. The number of nitrogens with one attached hydrogen (secondary N) is 1. The van der Waals surface area contributed by atoms with Crippen molar-refractivity contribution in [2.24, 2.45) is 5.92 Å². The molecule has 26 heavy (non-hydrogen) atoms. The van der Waals surface area contributed by atoms with E-state index in [0.717, 1.165) is 0 Å². The Morgan fingerprint density at radius 1 is 1.23 bits per heavy atom. The number of anilines is 1. The molecule has 0 aliphatic heterocycles. The summed E-state index contributed by atoms with van der Waals surface area (Å²) in [5, 5.41) is 3.78. The Morgan fingerprint density at radius 2 is 1.96 bits per heavy atom. The van der Waals surface area contributed by atoms with E-state index in [1.54, 1.807) is 31.2 Å². The molecule has 0 atom stereocenters. The second kappa shape index (κ2) is 7.30. The van der Waals surface area contributed by atoms with E-state index >= 15 is 0 Å². The van der Waals surface area contributed by atoms with Crippen LogP contribution < -0.4 is 10.9 Å². The van der Waals surface area contributed by atoms with E-state index in [0.29, 0.717) is 39.5 Å². The smallest absolute Gasteiger partial charge is 0.265 e. The van der Waals surface area contributed by atoms with Crippen LogP contribution in [0.1, 0.15) is 26.1 Å². The average molecular weight is 370 g/mol. The van der Waals surface area contributed by atoms with Gasteiger partial charge in [0.25, 0.3) is 5.56 Å². The predicted octanol–water partition coefficient (Wildman–Crippen LogP) is 4.33. The van der Waals surface area contributed by atoms with Gasteiger partial charge in [0, 0.05) is 6.42 Å². The second-order valence-corrected chi connectivity index (χ2v) is 7.03. The Bertz CT molecular complexity index is 1040. The number of halogens is 1. The van der Waals surface area contributed by atoms with Gasteiger partial charge in [-0.15, -0.1) is 0 Å². The predicted molar refractivity (Wildman–Crippen MR) is 105 cm³/mol. The number of para-hydroxylation sites is 1. The Balaban J connectivity index is 2.08. The zero-order chi connectivity index (χ0) is 18.8. The summed E-state index contributed by atoms with van der Waals surface area (Å²) in [4.78, 5) is 29.5. The number of aromatic nitrogens is 2. The van der Waals surface area contributed by atoms with E-state index in [1.165, 1.54) is 4.57 Å². The maximum atomic E-state index is 12.9. The summed E-state index contributed by atoms with van der Waals surface area (Å²) in [6.45, 7) is 5.72. The Labute approximate surface area is 156 Å². The molecule has 1 N–H and O–H groups in total. The third-order valence-electron chi connectivity index (χ3n) is 4.02. The molecule has 1 aromatic heterocycles. The van der Waals surface area contributed by atoms with Gasteiger partial charge in [0.1, 0.15) is 5.82 Å². The van der Waals surface area contributed by atoms with Crippen molar-refractivity contribution in [1.82, 2.24) is 9.55 Å². The number of aryl methyl sites for hydroxylation is 1. The first-order chi connectivity index (χ1) is 12.4. The van der Waals surface area contributed by atoms with Gasteiger partial charge < -0.3 is 5.32 Å². The molecule has 1 amide bonds. The van der Waals surface area contributed by atoms with E-state index < -0.39 is 0 Å². The molecule has 3 rings (SSSR count). The van der Waals surface area contributed by atoms with Gasteiger partial charge in [0.15, 0.2) is 0 Å². The minimum atomic E-state index is -0.158. The number of carbonyl (C=O) groups is 1. The summed E-state index contributed by atoms with van der Waals surface area (Å²) in [6.07, 6.45) is 0.400. The zero-order valence-electron chi connectivity index (χ0n) is 14.9. The lowest BCUT2D eigenvalue weighted by Gasteiger charge is -2.14. The summed E-state index contributed by atoms with van der Waals surface area (Å²) in [6, 6.07) is 12.3. The largest absolute Gasteiger partial charge is 0.325 e. The van der Waals surface area contributed by atoms with Gasteiger partial charge in [-0.3, -0.25) is 14.2 Å². The fourth-order valence-electron chi connectivity index (χ4n) is 2.87. The molecule has 2 aromatic carbocycles. The fraction of sp³-hybridized carbons (Fsp3) is 0.250. The summed E-state index contributed by atoms with van der Waals surface area (Å²) >= 11 is 6.22. The van der Waals surface area contributed by atoms with E-state index in [4.69, 9.17) is 11.6 Å². The molecule has 0 radical (unpaired) electrons. The van der Waals surface area contributed by atoms with Crippen molar-refractivity contribution in [3.8, 4) is 5.69 Å². The van der Waals surface area contributed by atoms with Crippen LogP contribution in [0.2, 0.25) is 5.02 Å². The Kier molecular flexibility index (Phi) is 5.09. The number of amides is 1. The first-order valence-corrected chi connectivity index (χ1v) is 8.83. The quantitative estimate of drug-likeness (QED) is 0.744. The van der Waals surface area contributed by atoms with E-state index in [2.05, 4.69) is 10.3 Å². The molecule has 0 aliphatic rings. The molecule has 0 saturated heterocycles. The summed E-state index contributed by atoms with van der Waals surface area (Å²) < 4.78 is 1.52. The number of hydrogen-bond donors (Lipinski definition) is 1. The van der Waals surface area contributed by atoms with Gasteiger partial charge in [0.05, 0.1) is 27.3 Å². The molecule has 6 heteroatoms. The lowest BCUT2D eigenvalue weighted by Crippen LogP contribution is -2.22. The molecule has 1 heterocycles. The molecular formula is C20H20ClN3O2. The summed E-state index contributed by atoms with van der Waals surface area (Å²) in [5.74, 6) is 0.696. The molecule has 134 valence electrons. The normalized spacial score (nSPS) is 11.1. The van der Waals surface area contributed by atoms with Crippen molar-refractivity contribution in [1.29, 1.82) is 0 Å². The van der Waals surface area contributed by atoms with Crippen LogP contribution in [0.15, 0.2) is 47.3 Å². The van der Waals surface area contributed by atoms with Crippen molar-refractivity contribution in [2.75, 3.05) is 5.32 Å². The molecule has 0 fully saturated rings. The molecule has 0 spiro atoms. The van der Waals surface area contributed by atoms with Crippen molar-refractivity contribution in [3.63, 3.8) is 0 Å². The molecule has 0 unspecified atom stereocenters. The fourth-order valence-corrected chi connectivity index (χ4v) is 3.03. The van der Waals surface area contributed by atoms with Crippen molar-refractivity contribution < 1.29 is 4.79 Å². The van der Waals surface area contributed by atoms with Gasteiger partial charge in [-0.05, 0) is 43.2 Å². The van der Waals surface area contributed by atoms with Crippen LogP contribution in [0, 0.1) is 12.8 Å². The molecule has 3 aromatic rings. The number of fused-ring (bicyclic) bond motifs is 1. The van der Waals surface area contributed by atoms with Crippen LogP contribution in [0.3, 0.4) is 0 Å². The second-order valence-electron chi connectivity index (χ2n) is 6.63. The SMILES string of the molecule is Cc1nc2ccccc2c(=O)n1-c1ccc(Cl)c(NC(=O)CC(C)C)c1. The third-order valence-corrected chi connectivity index (χ3v) is 4.35. The zero-order valence-corrected chi connectivity index (χ0v) is 15.7. The summed E-state index contributed by atoms with van der Waals surface area (Å²) in [5.41, 5.74) is 1.59. The highest BCUT2D eigenvalue weighted by Gasteiger charge is 2.13.